The fourth-order valence-corrected chi connectivity index (χ4v) is 2.51. The molecule has 5 heteroatoms. The fraction of sp³-hybridized carbons (Fsp3) is 0.429. The number of likely N-dealkylation sites (N-methyl/N-ethyl adjacent to an activating group) is 1. The molecule has 1 aliphatic heterocycles. The molecule has 0 radical (unpaired) electrons. The second kappa shape index (κ2) is 5.50. The molecule has 1 saturated heterocycles. The summed E-state index contributed by atoms with van der Waals surface area (Å²) in [5.41, 5.74) is 0. The van der Waals surface area contributed by atoms with E-state index in [1.54, 1.807) is 0 Å². The van der Waals surface area contributed by atoms with Gasteiger partial charge in [-0.2, -0.15) is 5.10 Å². The Balaban J connectivity index is 1.91. The zero-order chi connectivity index (χ0) is 13.1. The molecule has 2 heterocycles. The zero-order valence-corrected chi connectivity index (χ0v) is 11.0. The molecule has 19 heavy (non-hydrogen) atoms. The van der Waals surface area contributed by atoms with Crippen molar-refractivity contribution in [3.63, 3.8) is 0 Å². The molecule has 100 valence electrons. The van der Waals surface area contributed by atoms with E-state index in [-0.39, 0.29) is 6.10 Å². The van der Waals surface area contributed by atoms with Gasteiger partial charge in [-0.3, -0.25) is 0 Å². The summed E-state index contributed by atoms with van der Waals surface area (Å²) in [5, 5.41) is 13.9. The van der Waals surface area contributed by atoms with Crippen LogP contribution in [0, 0.1) is 0 Å². The molecule has 5 nitrogen and oxygen atoms in total. The predicted molar refractivity (Wildman–Crippen MR) is 75.4 cm³/mol. The number of rotatable bonds is 3. The third-order valence-corrected chi connectivity index (χ3v) is 3.42. The number of nitrogens with one attached hydrogen (secondary N) is 1. The van der Waals surface area contributed by atoms with Gasteiger partial charge in [0, 0.05) is 30.4 Å². The Labute approximate surface area is 112 Å². The van der Waals surface area contributed by atoms with E-state index in [1.807, 2.05) is 25.4 Å². The van der Waals surface area contributed by atoms with Crippen LogP contribution in [0.25, 0.3) is 10.8 Å². The Morgan fingerprint density at radius 2 is 2.32 bits per heavy atom. The lowest BCUT2D eigenvalue weighted by molar-refractivity contribution is 0.0419. The van der Waals surface area contributed by atoms with E-state index in [0.29, 0.717) is 0 Å². The summed E-state index contributed by atoms with van der Waals surface area (Å²) in [6, 6.07) is 8.23. The first-order valence-corrected chi connectivity index (χ1v) is 6.60. The minimum atomic E-state index is 0.208. The van der Waals surface area contributed by atoms with E-state index >= 15 is 0 Å². The van der Waals surface area contributed by atoms with Gasteiger partial charge in [-0.1, -0.05) is 24.3 Å². The maximum atomic E-state index is 5.73. The van der Waals surface area contributed by atoms with Crippen LogP contribution in [-0.4, -0.2) is 49.6 Å². The van der Waals surface area contributed by atoms with E-state index in [1.165, 1.54) is 0 Å². The first kappa shape index (κ1) is 12.3. The van der Waals surface area contributed by atoms with Crippen LogP contribution in [0.2, 0.25) is 0 Å². The van der Waals surface area contributed by atoms with Gasteiger partial charge in [0.1, 0.15) is 0 Å². The molecule has 1 fully saturated rings. The van der Waals surface area contributed by atoms with E-state index < -0.39 is 0 Å². The average molecular weight is 258 g/mol. The van der Waals surface area contributed by atoms with Gasteiger partial charge in [0.25, 0.3) is 0 Å². The number of hydrogen-bond donors (Lipinski definition) is 1. The Morgan fingerprint density at radius 3 is 3.21 bits per heavy atom. The van der Waals surface area contributed by atoms with Gasteiger partial charge >= 0.3 is 0 Å². The molecule has 1 aromatic carbocycles. The van der Waals surface area contributed by atoms with Gasteiger partial charge in [0.05, 0.1) is 18.9 Å². The standard InChI is InChI=1S/C14H18N4O/c1-15-9-12-10-18(6-7-19-12)14-13-5-3-2-4-11(13)8-16-17-14/h2-5,8,12,15H,6-7,9-10H2,1H3. The lowest BCUT2D eigenvalue weighted by Gasteiger charge is -2.33. The lowest BCUT2D eigenvalue weighted by atomic mass is 10.1. The predicted octanol–water partition coefficient (Wildman–Crippen LogP) is 1.05. The zero-order valence-electron chi connectivity index (χ0n) is 11.0. The molecule has 1 aliphatic rings. The summed E-state index contributed by atoms with van der Waals surface area (Å²) in [4.78, 5) is 2.26. The number of morpholine rings is 1. The third-order valence-electron chi connectivity index (χ3n) is 3.42. The van der Waals surface area contributed by atoms with Crippen LogP contribution in [0.3, 0.4) is 0 Å². The van der Waals surface area contributed by atoms with Crippen molar-refractivity contribution in [3.05, 3.63) is 30.5 Å². The highest BCUT2D eigenvalue weighted by Gasteiger charge is 2.22. The van der Waals surface area contributed by atoms with Crippen molar-refractivity contribution in [1.82, 2.24) is 15.5 Å². The highest BCUT2D eigenvalue weighted by Crippen LogP contribution is 2.24. The van der Waals surface area contributed by atoms with E-state index in [0.717, 1.165) is 42.8 Å². The summed E-state index contributed by atoms with van der Waals surface area (Å²) in [7, 11) is 1.94. The van der Waals surface area contributed by atoms with Crippen LogP contribution in [-0.2, 0) is 4.74 Å². The number of anilines is 1. The van der Waals surface area contributed by atoms with Crippen LogP contribution in [0.5, 0.6) is 0 Å². The van der Waals surface area contributed by atoms with Gasteiger partial charge in [-0.05, 0) is 7.05 Å². The SMILES string of the molecule is CNCC1CN(c2nncc3ccccc23)CCO1. The smallest absolute Gasteiger partial charge is 0.159 e. The van der Waals surface area contributed by atoms with Gasteiger partial charge < -0.3 is 15.0 Å². The molecule has 1 aromatic heterocycles. The van der Waals surface area contributed by atoms with Crippen molar-refractivity contribution in [3.8, 4) is 0 Å². The quantitative estimate of drug-likeness (QED) is 0.892. The minimum Gasteiger partial charge on any atom is -0.373 e. The maximum absolute atomic E-state index is 5.73. The third kappa shape index (κ3) is 2.52. The molecule has 0 aliphatic carbocycles. The highest BCUT2D eigenvalue weighted by molar-refractivity contribution is 5.91. The molecule has 0 spiro atoms. The number of aromatic nitrogens is 2. The molecule has 0 bridgehead atoms. The monoisotopic (exact) mass is 258 g/mol. The van der Waals surface area contributed by atoms with Crippen molar-refractivity contribution in [1.29, 1.82) is 0 Å². The normalized spacial score (nSPS) is 19.8. The summed E-state index contributed by atoms with van der Waals surface area (Å²) in [6.07, 6.45) is 2.02. The Bertz CT molecular complexity index is 553. The van der Waals surface area contributed by atoms with E-state index in [4.69, 9.17) is 4.74 Å². The molecule has 2 aromatic rings. The molecular formula is C14H18N4O. The molecule has 1 N–H and O–H groups in total. The Morgan fingerprint density at radius 1 is 1.42 bits per heavy atom. The number of hydrogen-bond acceptors (Lipinski definition) is 5. The van der Waals surface area contributed by atoms with Crippen LogP contribution < -0.4 is 10.2 Å². The largest absolute Gasteiger partial charge is 0.373 e. The summed E-state index contributed by atoms with van der Waals surface area (Å²) in [5.74, 6) is 0.961. The van der Waals surface area contributed by atoms with Crippen LogP contribution in [0.4, 0.5) is 5.82 Å². The van der Waals surface area contributed by atoms with Gasteiger partial charge in [-0.25, -0.2) is 0 Å². The lowest BCUT2D eigenvalue weighted by Crippen LogP contribution is -2.46. The number of fused-ring (bicyclic) bond motifs is 1. The summed E-state index contributed by atoms with van der Waals surface area (Å²) in [6.45, 7) is 3.30. The van der Waals surface area contributed by atoms with Crippen LogP contribution in [0.15, 0.2) is 30.5 Å². The van der Waals surface area contributed by atoms with Crippen LogP contribution in [0.1, 0.15) is 0 Å². The highest BCUT2D eigenvalue weighted by atomic mass is 16.5. The molecule has 1 atom stereocenters. The van der Waals surface area contributed by atoms with E-state index in [9.17, 15) is 0 Å². The average Bonchev–Trinajstić information content (AvgIpc) is 2.47. The van der Waals surface area contributed by atoms with Crippen molar-refractivity contribution >= 4 is 16.6 Å². The molecule has 0 amide bonds. The van der Waals surface area contributed by atoms with Crippen LogP contribution >= 0.6 is 0 Å². The second-order valence-corrected chi connectivity index (χ2v) is 4.75. The number of nitrogens with zero attached hydrogens (tertiary/aromatic N) is 3. The number of ether oxygens (including phenoxy) is 1. The van der Waals surface area contributed by atoms with Crippen molar-refractivity contribution in [2.24, 2.45) is 0 Å². The fourth-order valence-electron chi connectivity index (χ4n) is 2.51. The second-order valence-electron chi connectivity index (χ2n) is 4.75. The van der Waals surface area contributed by atoms with Gasteiger partial charge in [0.2, 0.25) is 0 Å². The van der Waals surface area contributed by atoms with Gasteiger partial charge in [0.15, 0.2) is 5.82 Å². The Hall–Kier alpha value is -1.72. The summed E-state index contributed by atoms with van der Waals surface area (Å²) >= 11 is 0. The topological polar surface area (TPSA) is 50.3 Å². The van der Waals surface area contributed by atoms with E-state index in [2.05, 4.69) is 32.5 Å². The Kier molecular flexibility index (Phi) is 3.57. The first-order valence-electron chi connectivity index (χ1n) is 6.60. The van der Waals surface area contributed by atoms with Crippen molar-refractivity contribution in [2.45, 2.75) is 6.10 Å². The number of benzene rings is 1. The maximum Gasteiger partial charge on any atom is 0.159 e. The summed E-state index contributed by atoms with van der Waals surface area (Å²) < 4.78 is 5.73. The first-order chi connectivity index (χ1) is 9.38. The van der Waals surface area contributed by atoms with Crippen molar-refractivity contribution < 1.29 is 4.74 Å². The van der Waals surface area contributed by atoms with Crippen molar-refractivity contribution in [2.75, 3.05) is 38.2 Å². The molecule has 0 saturated carbocycles. The molecule has 1 unspecified atom stereocenters. The molecule has 3 rings (SSSR count). The molecular weight excluding hydrogens is 240 g/mol. The van der Waals surface area contributed by atoms with Gasteiger partial charge in [-0.15, -0.1) is 5.10 Å². The minimum absolute atomic E-state index is 0.208.